The summed E-state index contributed by atoms with van der Waals surface area (Å²) in [6, 6.07) is 0.950. The van der Waals surface area contributed by atoms with Gasteiger partial charge < -0.3 is 4.74 Å². The first-order valence-corrected chi connectivity index (χ1v) is 7.97. The molecule has 1 aromatic rings. The summed E-state index contributed by atoms with van der Waals surface area (Å²) in [5.74, 6) is -1.14. The lowest BCUT2D eigenvalue weighted by Gasteiger charge is -2.36. The number of hydrogen-bond donors (Lipinski definition) is 0. The van der Waals surface area contributed by atoms with Gasteiger partial charge in [0.25, 0.3) is 0 Å². The minimum atomic E-state index is -4.97. The first-order chi connectivity index (χ1) is 10.0. The van der Waals surface area contributed by atoms with Crippen LogP contribution in [0.4, 0.5) is 17.6 Å². The van der Waals surface area contributed by atoms with E-state index in [4.69, 9.17) is 4.74 Å². The Labute approximate surface area is 125 Å². The molecule has 0 aromatic heterocycles. The monoisotopic (exact) mass is 341 g/mol. The first kappa shape index (κ1) is 17.2. The molecule has 0 spiro atoms. The van der Waals surface area contributed by atoms with Crippen molar-refractivity contribution in [3.8, 4) is 0 Å². The molecule has 9 heteroatoms. The van der Waals surface area contributed by atoms with Crippen LogP contribution in [0.3, 0.4) is 0 Å². The Hall–Kier alpha value is -1.19. The molecule has 124 valence electrons. The average molecular weight is 341 g/mol. The van der Waals surface area contributed by atoms with Gasteiger partial charge >= 0.3 is 6.18 Å². The van der Waals surface area contributed by atoms with Crippen LogP contribution >= 0.6 is 0 Å². The Morgan fingerprint density at radius 3 is 2.50 bits per heavy atom. The van der Waals surface area contributed by atoms with E-state index in [9.17, 15) is 26.0 Å². The van der Waals surface area contributed by atoms with Gasteiger partial charge in [-0.05, 0) is 32.0 Å². The summed E-state index contributed by atoms with van der Waals surface area (Å²) >= 11 is 0. The molecule has 0 amide bonds. The van der Waals surface area contributed by atoms with E-state index in [0.29, 0.717) is 12.1 Å². The van der Waals surface area contributed by atoms with Gasteiger partial charge in [0.1, 0.15) is 5.82 Å². The minimum Gasteiger partial charge on any atom is -0.375 e. The topological polar surface area (TPSA) is 46.6 Å². The molecule has 1 saturated heterocycles. The van der Waals surface area contributed by atoms with Crippen molar-refractivity contribution in [1.82, 2.24) is 4.31 Å². The SMILES string of the molecule is C[C@@H]1CN(S(=O)(=O)c2ccc(F)cc2C(F)(F)F)[C@H](C)CO1. The maximum Gasteiger partial charge on any atom is 0.417 e. The van der Waals surface area contributed by atoms with E-state index in [1.165, 1.54) is 0 Å². The summed E-state index contributed by atoms with van der Waals surface area (Å²) in [5, 5.41) is 0. The number of ether oxygens (including phenoxy) is 1. The molecule has 2 atom stereocenters. The van der Waals surface area contributed by atoms with Crippen molar-refractivity contribution >= 4 is 10.0 Å². The highest BCUT2D eigenvalue weighted by atomic mass is 32.2. The molecule has 0 saturated carbocycles. The van der Waals surface area contributed by atoms with Gasteiger partial charge in [0.05, 0.1) is 23.2 Å². The van der Waals surface area contributed by atoms with E-state index in [1.54, 1.807) is 13.8 Å². The third kappa shape index (κ3) is 3.26. The fraction of sp³-hybridized carbons (Fsp3) is 0.538. The first-order valence-electron chi connectivity index (χ1n) is 6.53. The Bertz CT molecular complexity index is 660. The summed E-state index contributed by atoms with van der Waals surface area (Å²) in [6.07, 6.45) is -5.40. The third-order valence-corrected chi connectivity index (χ3v) is 5.42. The van der Waals surface area contributed by atoms with E-state index >= 15 is 0 Å². The van der Waals surface area contributed by atoms with Crippen LogP contribution < -0.4 is 0 Å². The highest BCUT2D eigenvalue weighted by Crippen LogP contribution is 2.36. The molecule has 22 heavy (non-hydrogen) atoms. The number of alkyl halides is 3. The van der Waals surface area contributed by atoms with Crippen molar-refractivity contribution in [2.75, 3.05) is 13.2 Å². The average Bonchev–Trinajstić information content (AvgIpc) is 2.40. The maximum atomic E-state index is 13.1. The number of sulfonamides is 1. The van der Waals surface area contributed by atoms with Gasteiger partial charge in [-0.25, -0.2) is 12.8 Å². The van der Waals surface area contributed by atoms with Crippen molar-refractivity contribution in [1.29, 1.82) is 0 Å². The lowest BCUT2D eigenvalue weighted by molar-refractivity contribution is -0.140. The zero-order chi connectivity index (χ0) is 16.7. The number of halogens is 4. The molecule has 1 heterocycles. The zero-order valence-corrected chi connectivity index (χ0v) is 12.7. The number of hydrogen-bond acceptors (Lipinski definition) is 3. The van der Waals surface area contributed by atoms with Gasteiger partial charge in [0, 0.05) is 12.6 Å². The second kappa shape index (κ2) is 5.78. The molecule has 0 bridgehead atoms. The van der Waals surface area contributed by atoms with Crippen LogP contribution in [0.1, 0.15) is 19.4 Å². The Balaban J connectivity index is 2.54. The second-order valence-electron chi connectivity index (χ2n) is 5.21. The van der Waals surface area contributed by atoms with Crippen molar-refractivity contribution < 1.29 is 30.7 Å². The highest BCUT2D eigenvalue weighted by Gasteiger charge is 2.41. The summed E-state index contributed by atoms with van der Waals surface area (Å²) in [5.41, 5.74) is -1.50. The van der Waals surface area contributed by atoms with Crippen LogP contribution in [0.25, 0.3) is 0 Å². The zero-order valence-electron chi connectivity index (χ0n) is 11.9. The minimum absolute atomic E-state index is 0.0574. The van der Waals surface area contributed by atoms with Crippen LogP contribution in [0.2, 0.25) is 0 Å². The summed E-state index contributed by atoms with van der Waals surface area (Å²) in [4.78, 5) is -0.942. The molecule has 0 radical (unpaired) electrons. The number of benzene rings is 1. The molecule has 1 aliphatic rings. The molecular weight excluding hydrogens is 326 g/mol. The van der Waals surface area contributed by atoms with Gasteiger partial charge in [-0.1, -0.05) is 0 Å². The third-order valence-electron chi connectivity index (χ3n) is 3.38. The Morgan fingerprint density at radius 1 is 1.27 bits per heavy atom. The molecule has 0 aliphatic carbocycles. The van der Waals surface area contributed by atoms with Gasteiger partial charge in [-0.15, -0.1) is 0 Å². The summed E-state index contributed by atoms with van der Waals surface area (Å²) in [6.45, 7) is 3.20. The van der Waals surface area contributed by atoms with E-state index in [-0.39, 0.29) is 19.2 Å². The molecule has 2 rings (SSSR count). The van der Waals surface area contributed by atoms with Crippen molar-refractivity contribution in [2.45, 2.75) is 37.1 Å². The normalized spacial score (nSPS) is 24.5. The second-order valence-corrected chi connectivity index (χ2v) is 7.06. The maximum absolute atomic E-state index is 13.1. The van der Waals surface area contributed by atoms with Gasteiger partial charge in [0.15, 0.2) is 0 Å². The van der Waals surface area contributed by atoms with Crippen LogP contribution in [0.15, 0.2) is 23.1 Å². The highest BCUT2D eigenvalue weighted by molar-refractivity contribution is 7.89. The lowest BCUT2D eigenvalue weighted by Crippen LogP contribution is -2.50. The molecule has 0 unspecified atom stereocenters. The smallest absolute Gasteiger partial charge is 0.375 e. The molecular formula is C13H15F4NO3S. The van der Waals surface area contributed by atoms with E-state index in [1.807, 2.05) is 0 Å². The standard InChI is InChI=1S/C13H15F4NO3S/c1-8-7-21-9(2)6-18(8)22(19,20)12-4-3-10(14)5-11(12)13(15,16)17/h3-5,8-9H,6-7H2,1-2H3/t8-,9-/m1/s1. The lowest BCUT2D eigenvalue weighted by atomic mass is 10.2. The van der Waals surface area contributed by atoms with Crippen molar-refractivity contribution in [3.05, 3.63) is 29.6 Å². The quantitative estimate of drug-likeness (QED) is 0.777. The van der Waals surface area contributed by atoms with Crippen molar-refractivity contribution in [3.63, 3.8) is 0 Å². The van der Waals surface area contributed by atoms with E-state index in [2.05, 4.69) is 0 Å². The van der Waals surface area contributed by atoms with Crippen LogP contribution in [0.5, 0.6) is 0 Å². The number of nitrogens with zero attached hydrogens (tertiary/aromatic N) is 1. The number of rotatable bonds is 2. The molecule has 0 N–H and O–H groups in total. The molecule has 4 nitrogen and oxygen atoms in total. The molecule has 1 fully saturated rings. The van der Waals surface area contributed by atoms with E-state index in [0.717, 1.165) is 4.31 Å². The van der Waals surface area contributed by atoms with Gasteiger partial charge in [-0.2, -0.15) is 17.5 Å². The van der Waals surface area contributed by atoms with Crippen LogP contribution in [0, 0.1) is 5.82 Å². The number of morpholine rings is 1. The molecule has 1 aromatic carbocycles. The van der Waals surface area contributed by atoms with Crippen LogP contribution in [-0.4, -0.2) is 38.0 Å². The van der Waals surface area contributed by atoms with Crippen LogP contribution in [-0.2, 0) is 20.9 Å². The fourth-order valence-corrected chi connectivity index (χ4v) is 4.17. The van der Waals surface area contributed by atoms with Gasteiger partial charge in [0.2, 0.25) is 10.0 Å². The Kier molecular flexibility index (Phi) is 4.51. The fourth-order valence-electron chi connectivity index (χ4n) is 2.28. The largest absolute Gasteiger partial charge is 0.417 e. The van der Waals surface area contributed by atoms with E-state index < -0.39 is 44.6 Å². The molecule has 1 aliphatic heterocycles. The van der Waals surface area contributed by atoms with Gasteiger partial charge in [-0.3, -0.25) is 0 Å². The van der Waals surface area contributed by atoms with Crippen molar-refractivity contribution in [2.24, 2.45) is 0 Å². The predicted molar refractivity (Wildman–Crippen MR) is 70.2 cm³/mol. The summed E-state index contributed by atoms with van der Waals surface area (Å²) in [7, 11) is -4.41. The summed E-state index contributed by atoms with van der Waals surface area (Å²) < 4.78 is 83.6. The Morgan fingerprint density at radius 2 is 1.91 bits per heavy atom. The predicted octanol–water partition coefficient (Wildman–Crippen LogP) is 2.64.